The van der Waals surface area contributed by atoms with E-state index >= 15 is 0 Å². The molecule has 180 valence electrons. The summed E-state index contributed by atoms with van der Waals surface area (Å²) in [5.74, 6) is -2.62. The van der Waals surface area contributed by atoms with Gasteiger partial charge in [0, 0.05) is 43.3 Å². The van der Waals surface area contributed by atoms with Gasteiger partial charge in [-0.25, -0.2) is 8.78 Å². The number of benzene rings is 1. The van der Waals surface area contributed by atoms with Gasteiger partial charge in [-0.05, 0) is 20.5 Å². The second-order valence-electron chi connectivity index (χ2n) is 7.32. The molecule has 33 heavy (non-hydrogen) atoms. The van der Waals surface area contributed by atoms with Crippen LogP contribution < -0.4 is 15.0 Å². The molecule has 0 aliphatic rings. The van der Waals surface area contributed by atoms with E-state index in [9.17, 15) is 22.0 Å². The molecular weight excluding hydrogens is 471 g/mol. The third-order valence-electron chi connectivity index (χ3n) is 4.34. The second-order valence-corrected chi connectivity index (χ2v) is 7.67. The minimum Gasteiger partial charge on any atom is -0.493 e. The molecule has 7 nitrogen and oxygen atoms in total. The quantitative estimate of drug-likeness (QED) is 0.175. The summed E-state index contributed by atoms with van der Waals surface area (Å²) in [6.45, 7) is -0.505. The Morgan fingerprint density at radius 3 is 2.30 bits per heavy atom. The summed E-state index contributed by atoms with van der Waals surface area (Å²) in [7, 11) is 5.03. The van der Waals surface area contributed by atoms with Crippen LogP contribution in [-0.2, 0) is 6.42 Å². The van der Waals surface area contributed by atoms with Crippen LogP contribution in [0.2, 0.25) is 5.15 Å². The highest BCUT2D eigenvalue weighted by Crippen LogP contribution is 2.31. The van der Waals surface area contributed by atoms with Gasteiger partial charge >= 0.3 is 6.18 Å². The minimum absolute atomic E-state index is 0.0173. The van der Waals surface area contributed by atoms with E-state index in [0.29, 0.717) is 6.42 Å². The van der Waals surface area contributed by atoms with Crippen LogP contribution in [0.5, 0.6) is 5.75 Å². The van der Waals surface area contributed by atoms with Crippen LogP contribution in [0.1, 0.15) is 17.5 Å². The van der Waals surface area contributed by atoms with Crippen molar-refractivity contribution in [3.8, 4) is 11.9 Å². The van der Waals surface area contributed by atoms with E-state index < -0.39 is 42.2 Å². The third-order valence-corrected chi connectivity index (χ3v) is 4.65. The molecule has 1 aromatic heterocycles. The SMILES string of the molecule is CN(C)CCCOc1cc(F)c(Cc2c(Cl)nc(N(C)C#N)nc2NCC(F)(F)F)c(F)c1. The van der Waals surface area contributed by atoms with Crippen LogP contribution >= 0.6 is 11.6 Å². The van der Waals surface area contributed by atoms with Crippen molar-refractivity contribution in [3.63, 3.8) is 0 Å². The van der Waals surface area contributed by atoms with Gasteiger partial charge in [0.2, 0.25) is 5.95 Å². The lowest BCUT2D eigenvalue weighted by Gasteiger charge is -2.17. The standard InChI is InChI=1S/C20H22ClF5N6O/c1-31(2)5-4-6-33-12-7-15(22)13(16(23)8-12)9-14-17(21)29-19(32(3)11-27)30-18(14)28-10-20(24,25)26/h7-8H,4-6,9-10H2,1-3H3,(H,28,29,30). The number of rotatable bonds is 10. The Balaban J connectivity index is 2.33. The van der Waals surface area contributed by atoms with Crippen molar-refractivity contribution >= 4 is 23.4 Å². The van der Waals surface area contributed by atoms with Crippen molar-refractivity contribution in [1.29, 1.82) is 5.26 Å². The first-order valence-corrected chi connectivity index (χ1v) is 10.0. The largest absolute Gasteiger partial charge is 0.493 e. The Kier molecular flexibility index (Phi) is 9.01. The fourth-order valence-electron chi connectivity index (χ4n) is 2.71. The molecule has 0 fully saturated rings. The lowest BCUT2D eigenvalue weighted by atomic mass is 10.0. The lowest BCUT2D eigenvalue weighted by Crippen LogP contribution is -2.24. The van der Waals surface area contributed by atoms with Crippen molar-refractivity contribution < 1.29 is 26.7 Å². The minimum atomic E-state index is -4.60. The summed E-state index contributed by atoms with van der Waals surface area (Å²) in [5.41, 5.74) is -0.606. The predicted molar refractivity (Wildman–Crippen MR) is 113 cm³/mol. The van der Waals surface area contributed by atoms with E-state index in [4.69, 9.17) is 21.6 Å². The van der Waals surface area contributed by atoms with Crippen LogP contribution in [0.15, 0.2) is 12.1 Å². The highest BCUT2D eigenvalue weighted by atomic mass is 35.5. The molecule has 0 atom stereocenters. The van der Waals surface area contributed by atoms with E-state index in [0.717, 1.165) is 23.6 Å². The molecule has 0 radical (unpaired) electrons. The molecule has 0 unspecified atom stereocenters. The molecule has 0 aliphatic heterocycles. The summed E-state index contributed by atoms with van der Waals surface area (Å²) < 4.78 is 72.9. The number of halogens is 6. The number of nitrogens with one attached hydrogen (secondary N) is 1. The fraction of sp³-hybridized carbons (Fsp3) is 0.450. The van der Waals surface area contributed by atoms with Crippen LogP contribution in [0.4, 0.5) is 33.7 Å². The number of aromatic nitrogens is 2. The van der Waals surface area contributed by atoms with E-state index in [1.54, 1.807) is 6.19 Å². The van der Waals surface area contributed by atoms with E-state index in [1.165, 1.54) is 7.05 Å². The van der Waals surface area contributed by atoms with Gasteiger partial charge < -0.3 is 15.0 Å². The highest BCUT2D eigenvalue weighted by Gasteiger charge is 2.28. The van der Waals surface area contributed by atoms with Gasteiger partial charge in [0.25, 0.3) is 0 Å². The zero-order chi connectivity index (χ0) is 24.8. The van der Waals surface area contributed by atoms with E-state index in [1.807, 2.05) is 19.0 Å². The molecular formula is C20H22ClF5N6O. The summed E-state index contributed by atoms with van der Waals surface area (Å²) in [5, 5.41) is 10.7. The Labute approximate surface area is 192 Å². The molecule has 0 spiro atoms. The Morgan fingerprint density at radius 1 is 1.12 bits per heavy atom. The molecule has 1 aromatic carbocycles. The number of nitrogens with zero attached hydrogens (tertiary/aromatic N) is 5. The average Bonchev–Trinajstić information content (AvgIpc) is 2.71. The Hall–Kier alpha value is -2.91. The van der Waals surface area contributed by atoms with Gasteiger partial charge in [-0.15, -0.1) is 0 Å². The van der Waals surface area contributed by atoms with Crippen LogP contribution in [0.3, 0.4) is 0 Å². The first-order valence-electron chi connectivity index (χ1n) is 9.67. The van der Waals surface area contributed by atoms with Crippen molar-refractivity contribution in [1.82, 2.24) is 14.9 Å². The molecule has 0 aliphatic carbocycles. The van der Waals surface area contributed by atoms with Gasteiger partial charge in [-0.2, -0.15) is 28.4 Å². The van der Waals surface area contributed by atoms with Crippen LogP contribution in [0.25, 0.3) is 0 Å². The molecule has 0 saturated heterocycles. The zero-order valence-electron chi connectivity index (χ0n) is 18.1. The Bertz CT molecular complexity index is 989. The number of hydrogen-bond acceptors (Lipinski definition) is 7. The average molecular weight is 493 g/mol. The lowest BCUT2D eigenvalue weighted by molar-refractivity contribution is -0.115. The van der Waals surface area contributed by atoms with Crippen molar-refractivity contribution in [2.24, 2.45) is 0 Å². The summed E-state index contributed by atoms with van der Waals surface area (Å²) >= 11 is 6.10. The molecule has 13 heteroatoms. The number of hydrogen-bond donors (Lipinski definition) is 1. The fourth-order valence-corrected chi connectivity index (χ4v) is 2.94. The summed E-state index contributed by atoms with van der Waals surface area (Å²) in [4.78, 5) is 10.5. The molecule has 0 bridgehead atoms. The van der Waals surface area contributed by atoms with Gasteiger partial charge in [-0.3, -0.25) is 4.90 Å². The van der Waals surface area contributed by atoms with E-state index in [2.05, 4.69) is 15.3 Å². The molecule has 0 saturated carbocycles. The summed E-state index contributed by atoms with van der Waals surface area (Å²) in [6.07, 6.45) is -2.80. The van der Waals surface area contributed by atoms with Gasteiger partial charge in [-0.1, -0.05) is 11.6 Å². The first-order chi connectivity index (χ1) is 15.4. The van der Waals surface area contributed by atoms with Crippen LogP contribution in [-0.4, -0.2) is 61.9 Å². The monoisotopic (exact) mass is 492 g/mol. The summed E-state index contributed by atoms with van der Waals surface area (Å²) in [6, 6.07) is 1.98. The number of ether oxygens (including phenoxy) is 1. The number of alkyl halides is 3. The first kappa shape index (κ1) is 26.3. The Morgan fingerprint density at radius 2 is 1.76 bits per heavy atom. The topological polar surface area (TPSA) is 77.3 Å². The van der Waals surface area contributed by atoms with Crippen molar-refractivity contribution in [3.05, 3.63) is 40.0 Å². The zero-order valence-corrected chi connectivity index (χ0v) is 18.9. The van der Waals surface area contributed by atoms with Crippen molar-refractivity contribution in [2.75, 3.05) is 51.1 Å². The maximum Gasteiger partial charge on any atom is 0.405 e. The molecule has 0 amide bonds. The third kappa shape index (κ3) is 7.87. The van der Waals surface area contributed by atoms with Gasteiger partial charge in [0.1, 0.15) is 34.9 Å². The van der Waals surface area contributed by atoms with Gasteiger partial charge in [0.15, 0.2) is 6.19 Å². The smallest absolute Gasteiger partial charge is 0.405 e. The normalized spacial score (nSPS) is 11.4. The number of anilines is 2. The molecule has 1 heterocycles. The maximum atomic E-state index is 14.7. The number of nitriles is 1. The highest BCUT2D eigenvalue weighted by molar-refractivity contribution is 6.30. The van der Waals surface area contributed by atoms with Crippen molar-refractivity contribution in [2.45, 2.75) is 19.0 Å². The van der Waals surface area contributed by atoms with Crippen LogP contribution in [0, 0.1) is 23.1 Å². The van der Waals surface area contributed by atoms with E-state index in [-0.39, 0.29) is 29.0 Å². The van der Waals surface area contributed by atoms with Gasteiger partial charge in [0.05, 0.1) is 6.61 Å². The molecule has 2 rings (SSSR count). The molecule has 1 N–H and O–H groups in total. The predicted octanol–water partition coefficient (Wildman–Crippen LogP) is 4.22. The maximum absolute atomic E-state index is 14.7. The molecule has 2 aromatic rings. The second kappa shape index (κ2) is 11.3.